The molecular formula is C24H25F2N3O3. The maximum atomic E-state index is 13.3. The minimum absolute atomic E-state index is 0.0659. The number of nitrogens with zero attached hydrogens (tertiary/aromatic N) is 2. The Morgan fingerprint density at radius 1 is 0.969 bits per heavy atom. The van der Waals surface area contributed by atoms with Gasteiger partial charge in [-0.1, -0.05) is 17.7 Å². The molecule has 1 N–H and O–H groups in total. The first kappa shape index (κ1) is 21.9. The van der Waals surface area contributed by atoms with Crippen molar-refractivity contribution >= 4 is 29.1 Å². The number of halogens is 2. The molecule has 2 heterocycles. The highest BCUT2D eigenvalue weighted by Gasteiger charge is 2.38. The van der Waals surface area contributed by atoms with Gasteiger partial charge >= 0.3 is 0 Å². The number of piperidine rings is 1. The number of likely N-dealkylation sites (tertiary alicyclic amines) is 1. The number of benzene rings is 2. The Balaban J connectivity index is 1.31. The van der Waals surface area contributed by atoms with Crippen LogP contribution in [0.3, 0.4) is 0 Å². The van der Waals surface area contributed by atoms with Crippen LogP contribution < -0.4 is 10.2 Å². The minimum atomic E-state index is -0.758. The van der Waals surface area contributed by atoms with Gasteiger partial charge in [0, 0.05) is 49.4 Å². The smallest absolute Gasteiger partial charge is 0.228 e. The minimum Gasteiger partial charge on any atom is -0.342 e. The van der Waals surface area contributed by atoms with Crippen LogP contribution in [0.1, 0.15) is 24.8 Å². The number of hydrogen-bond donors (Lipinski definition) is 1. The third kappa shape index (κ3) is 4.79. The summed E-state index contributed by atoms with van der Waals surface area (Å²) in [6.07, 6.45) is 1.09. The third-order valence-corrected chi connectivity index (χ3v) is 6.13. The zero-order valence-electron chi connectivity index (χ0n) is 17.8. The molecular weight excluding hydrogens is 416 g/mol. The number of carbonyl (C=O) groups is 3. The quantitative estimate of drug-likeness (QED) is 0.790. The van der Waals surface area contributed by atoms with Crippen LogP contribution in [-0.4, -0.2) is 42.3 Å². The van der Waals surface area contributed by atoms with Crippen molar-refractivity contribution in [3.8, 4) is 0 Å². The van der Waals surface area contributed by atoms with E-state index in [1.165, 1.54) is 0 Å². The molecule has 4 rings (SSSR count). The number of amides is 3. The number of carbonyl (C=O) groups excluding carboxylic acids is 3. The molecule has 3 amide bonds. The highest BCUT2D eigenvalue weighted by Crippen LogP contribution is 2.28. The van der Waals surface area contributed by atoms with E-state index in [0.717, 1.165) is 29.4 Å². The highest BCUT2D eigenvalue weighted by molar-refractivity contribution is 6.00. The van der Waals surface area contributed by atoms with Crippen LogP contribution in [0, 0.1) is 30.4 Å². The predicted octanol–water partition coefficient (Wildman–Crippen LogP) is 3.50. The first-order valence-corrected chi connectivity index (χ1v) is 10.7. The Hall–Kier alpha value is -3.29. The van der Waals surface area contributed by atoms with Crippen molar-refractivity contribution in [3.63, 3.8) is 0 Å². The molecule has 0 spiro atoms. The van der Waals surface area contributed by atoms with E-state index in [1.807, 2.05) is 31.2 Å². The third-order valence-electron chi connectivity index (χ3n) is 6.13. The van der Waals surface area contributed by atoms with Gasteiger partial charge in [-0.3, -0.25) is 14.4 Å². The van der Waals surface area contributed by atoms with Gasteiger partial charge in [0.25, 0.3) is 0 Å². The fraction of sp³-hybridized carbons (Fsp3) is 0.375. The van der Waals surface area contributed by atoms with Gasteiger partial charge in [0.1, 0.15) is 11.6 Å². The molecule has 2 aromatic rings. The summed E-state index contributed by atoms with van der Waals surface area (Å²) in [6.45, 7) is 3.14. The van der Waals surface area contributed by atoms with Gasteiger partial charge < -0.3 is 15.1 Å². The van der Waals surface area contributed by atoms with Gasteiger partial charge in [0.05, 0.1) is 5.92 Å². The van der Waals surface area contributed by atoms with Crippen molar-refractivity contribution in [2.24, 2.45) is 11.8 Å². The van der Waals surface area contributed by atoms with Crippen molar-refractivity contribution in [1.29, 1.82) is 0 Å². The summed E-state index contributed by atoms with van der Waals surface area (Å²) in [5, 5.41) is 2.55. The van der Waals surface area contributed by atoms with E-state index in [0.29, 0.717) is 32.5 Å². The van der Waals surface area contributed by atoms with E-state index in [-0.39, 0.29) is 35.7 Å². The summed E-state index contributed by atoms with van der Waals surface area (Å²) in [6, 6.07) is 10.5. The zero-order valence-corrected chi connectivity index (χ0v) is 17.8. The molecule has 6 nitrogen and oxygen atoms in total. The van der Waals surface area contributed by atoms with Gasteiger partial charge in [-0.25, -0.2) is 8.78 Å². The van der Waals surface area contributed by atoms with E-state index in [1.54, 1.807) is 9.80 Å². The number of rotatable bonds is 4. The molecule has 2 saturated heterocycles. The molecule has 168 valence electrons. The van der Waals surface area contributed by atoms with Crippen molar-refractivity contribution < 1.29 is 23.2 Å². The molecule has 8 heteroatoms. The molecule has 32 heavy (non-hydrogen) atoms. The van der Waals surface area contributed by atoms with Crippen LogP contribution in [0.4, 0.5) is 20.2 Å². The summed E-state index contributed by atoms with van der Waals surface area (Å²) < 4.78 is 26.7. The maximum absolute atomic E-state index is 13.3. The summed E-state index contributed by atoms with van der Waals surface area (Å²) in [4.78, 5) is 41.3. The second-order valence-electron chi connectivity index (χ2n) is 8.49. The fourth-order valence-electron chi connectivity index (χ4n) is 4.34. The van der Waals surface area contributed by atoms with Gasteiger partial charge in [0.2, 0.25) is 17.7 Å². The van der Waals surface area contributed by atoms with Gasteiger partial charge in [-0.15, -0.1) is 0 Å². The second kappa shape index (κ2) is 9.06. The molecule has 2 fully saturated rings. The van der Waals surface area contributed by atoms with E-state index in [9.17, 15) is 23.2 Å². The molecule has 0 radical (unpaired) electrons. The SMILES string of the molecule is Cc1ccc(N2CC(C(=O)N3CCC(C(=O)Nc4cc(F)cc(F)c4)CC3)CC2=O)cc1. The van der Waals surface area contributed by atoms with E-state index >= 15 is 0 Å². The predicted molar refractivity (Wildman–Crippen MR) is 116 cm³/mol. The normalized spacial score (nSPS) is 19.3. The lowest BCUT2D eigenvalue weighted by Gasteiger charge is -2.33. The molecule has 0 saturated carbocycles. The Bertz CT molecular complexity index is 1010. The van der Waals surface area contributed by atoms with Crippen LogP contribution in [0.5, 0.6) is 0 Å². The maximum Gasteiger partial charge on any atom is 0.228 e. The average molecular weight is 441 g/mol. The lowest BCUT2D eigenvalue weighted by atomic mass is 9.94. The van der Waals surface area contributed by atoms with Crippen LogP contribution >= 0.6 is 0 Å². The molecule has 0 aliphatic carbocycles. The highest BCUT2D eigenvalue weighted by atomic mass is 19.1. The Morgan fingerprint density at radius 3 is 2.22 bits per heavy atom. The first-order valence-electron chi connectivity index (χ1n) is 10.7. The Labute approximate surface area is 185 Å². The lowest BCUT2D eigenvalue weighted by Crippen LogP contribution is -2.44. The van der Waals surface area contributed by atoms with E-state index in [4.69, 9.17) is 0 Å². The number of nitrogens with one attached hydrogen (secondary N) is 1. The standard InChI is InChI=1S/C24H25F2N3O3/c1-15-2-4-21(5-3-15)29-14-17(10-22(29)30)24(32)28-8-6-16(7-9-28)23(31)27-20-12-18(25)11-19(26)13-20/h2-5,11-13,16-17H,6-10,14H2,1H3,(H,27,31). The van der Waals surface area contributed by atoms with E-state index in [2.05, 4.69) is 5.32 Å². The number of aryl methyl sites for hydroxylation is 1. The number of hydrogen-bond acceptors (Lipinski definition) is 3. The Morgan fingerprint density at radius 2 is 1.59 bits per heavy atom. The van der Waals surface area contributed by atoms with Gasteiger partial charge in [0.15, 0.2) is 0 Å². The second-order valence-corrected chi connectivity index (χ2v) is 8.49. The van der Waals surface area contributed by atoms with Crippen molar-refractivity contribution in [1.82, 2.24) is 4.90 Å². The summed E-state index contributed by atoms with van der Waals surface area (Å²) in [5.41, 5.74) is 1.97. The first-order chi connectivity index (χ1) is 15.3. The average Bonchev–Trinajstić information content (AvgIpc) is 3.14. The zero-order chi connectivity index (χ0) is 22.8. The molecule has 1 atom stereocenters. The van der Waals surface area contributed by atoms with Crippen molar-refractivity contribution in [3.05, 3.63) is 59.7 Å². The lowest BCUT2D eigenvalue weighted by molar-refractivity contribution is -0.138. The van der Waals surface area contributed by atoms with Gasteiger partial charge in [-0.2, -0.15) is 0 Å². The largest absolute Gasteiger partial charge is 0.342 e. The van der Waals surface area contributed by atoms with Crippen LogP contribution in [0.25, 0.3) is 0 Å². The monoisotopic (exact) mass is 441 g/mol. The van der Waals surface area contributed by atoms with Gasteiger partial charge in [-0.05, 0) is 44.0 Å². The number of anilines is 2. The molecule has 1 unspecified atom stereocenters. The van der Waals surface area contributed by atoms with Crippen molar-refractivity contribution in [2.75, 3.05) is 29.9 Å². The summed E-state index contributed by atoms with van der Waals surface area (Å²) in [5.74, 6) is -2.71. The van der Waals surface area contributed by atoms with Crippen LogP contribution in [0.2, 0.25) is 0 Å². The molecule has 0 aromatic heterocycles. The molecule has 2 aromatic carbocycles. The summed E-state index contributed by atoms with van der Waals surface area (Å²) >= 11 is 0. The van der Waals surface area contributed by atoms with Crippen molar-refractivity contribution in [2.45, 2.75) is 26.2 Å². The summed E-state index contributed by atoms with van der Waals surface area (Å²) in [7, 11) is 0. The molecule has 2 aliphatic heterocycles. The Kier molecular flexibility index (Phi) is 6.21. The molecule has 0 bridgehead atoms. The van der Waals surface area contributed by atoms with E-state index < -0.39 is 17.6 Å². The van der Waals surface area contributed by atoms with Crippen LogP contribution in [0.15, 0.2) is 42.5 Å². The fourth-order valence-corrected chi connectivity index (χ4v) is 4.34. The topological polar surface area (TPSA) is 69.7 Å². The molecule has 2 aliphatic rings. The van der Waals surface area contributed by atoms with Crippen LogP contribution in [-0.2, 0) is 14.4 Å².